The zero-order valence-electron chi connectivity index (χ0n) is 14.8. The van der Waals surface area contributed by atoms with Crippen LogP contribution in [0.2, 0.25) is 0 Å². The highest BCUT2D eigenvalue weighted by atomic mass is 32.1. The van der Waals surface area contributed by atoms with Gasteiger partial charge in [-0.3, -0.25) is 0 Å². The molecule has 0 radical (unpaired) electrons. The summed E-state index contributed by atoms with van der Waals surface area (Å²) in [4.78, 5) is 5.92. The molecule has 0 unspecified atom stereocenters. The number of pyridine rings is 1. The lowest BCUT2D eigenvalue weighted by molar-refractivity contribution is 0.414. The number of aryl methyl sites for hydroxylation is 3. The van der Waals surface area contributed by atoms with Crippen LogP contribution in [0.25, 0.3) is 21.8 Å². The van der Waals surface area contributed by atoms with Gasteiger partial charge in [-0.2, -0.15) is 0 Å². The fraction of sp³-hybridized carbons (Fsp3) is 0.190. The van der Waals surface area contributed by atoms with E-state index in [-0.39, 0.29) is 0 Å². The second-order valence-electron chi connectivity index (χ2n) is 6.24. The van der Waals surface area contributed by atoms with Crippen LogP contribution in [0.5, 0.6) is 5.75 Å². The van der Waals surface area contributed by atoms with Gasteiger partial charge in [-0.15, -0.1) is 0 Å². The summed E-state index contributed by atoms with van der Waals surface area (Å²) in [5.41, 5.74) is 4.12. The molecule has 5 heteroatoms. The van der Waals surface area contributed by atoms with Crippen LogP contribution in [-0.2, 0) is 13.0 Å². The molecule has 0 aliphatic carbocycles. The van der Waals surface area contributed by atoms with Gasteiger partial charge in [0.2, 0.25) is 0 Å². The molecule has 2 heterocycles. The first-order valence-corrected chi connectivity index (χ1v) is 9.29. The number of nitrogens with zero attached hydrogens (tertiary/aromatic N) is 2. The topological polar surface area (TPSA) is 40.2 Å². The predicted octanol–water partition coefficient (Wildman–Crippen LogP) is 5.48. The van der Waals surface area contributed by atoms with E-state index in [9.17, 15) is 0 Å². The first-order valence-electron chi connectivity index (χ1n) is 8.55. The van der Waals surface area contributed by atoms with Crippen molar-refractivity contribution in [2.45, 2.75) is 19.9 Å². The minimum Gasteiger partial charge on any atom is -0.497 e. The molecule has 2 aliphatic rings. The molecule has 4 rings (SSSR count). The minimum atomic E-state index is 0.804. The Bertz CT molecular complexity index is 1040. The van der Waals surface area contributed by atoms with E-state index in [1.807, 2.05) is 36.4 Å². The highest BCUT2D eigenvalue weighted by molar-refractivity contribution is 7.06. The Morgan fingerprint density at radius 1 is 1.12 bits per heavy atom. The van der Waals surface area contributed by atoms with Crippen LogP contribution >= 0.6 is 11.6 Å². The molecule has 0 spiro atoms. The van der Waals surface area contributed by atoms with Crippen molar-refractivity contribution in [2.24, 2.45) is 0 Å². The van der Waals surface area contributed by atoms with E-state index < -0.39 is 0 Å². The van der Waals surface area contributed by atoms with Crippen molar-refractivity contribution in [1.82, 2.24) is 9.55 Å². The molecule has 0 atom stereocenters. The van der Waals surface area contributed by atoms with E-state index in [2.05, 4.69) is 35.9 Å². The number of hydrogen-bond acceptors (Lipinski definition) is 4. The smallest absolute Gasteiger partial charge is 0.169 e. The lowest BCUT2D eigenvalue weighted by Crippen LogP contribution is -2.06. The van der Waals surface area contributed by atoms with Gasteiger partial charge in [-0.1, -0.05) is 18.2 Å². The second kappa shape index (κ2) is 7.22. The third kappa shape index (κ3) is 3.44. The monoisotopic (exact) mass is 364 g/mol. The SMILES string of the molecule is COc1ccc(CCn2cccc3soc4ccc(C)cc4nc2-3)cc1. The zero-order chi connectivity index (χ0) is 17.9. The molecule has 2 aromatic carbocycles. The average molecular weight is 364 g/mol. The maximum absolute atomic E-state index is 5.87. The zero-order valence-corrected chi connectivity index (χ0v) is 15.6. The van der Waals surface area contributed by atoms with E-state index in [1.165, 1.54) is 22.8 Å². The molecular formula is C21H20N2O2S. The van der Waals surface area contributed by atoms with Gasteiger partial charge in [0.15, 0.2) is 11.4 Å². The fourth-order valence-electron chi connectivity index (χ4n) is 2.92. The third-order valence-electron chi connectivity index (χ3n) is 4.37. The van der Waals surface area contributed by atoms with Crippen molar-refractivity contribution < 1.29 is 8.59 Å². The molecule has 132 valence electrons. The lowest BCUT2D eigenvalue weighted by atomic mass is 10.1. The van der Waals surface area contributed by atoms with E-state index >= 15 is 0 Å². The number of rotatable bonds is 4. The number of benzene rings is 2. The normalized spacial score (nSPS) is 11.0. The Morgan fingerprint density at radius 2 is 1.96 bits per heavy atom. The van der Waals surface area contributed by atoms with E-state index in [1.54, 1.807) is 7.11 Å². The summed E-state index contributed by atoms with van der Waals surface area (Å²) in [7, 11) is 1.69. The van der Waals surface area contributed by atoms with Gasteiger partial charge in [-0.05, 0) is 60.9 Å². The number of ether oxygens (including phenoxy) is 1. The minimum absolute atomic E-state index is 0.804. The van der Waals surface area contributed by atoms with Crippen LogP contribution < -0.4 is 4.74 Å². The van der Waals surface area contributed by atoms with Crippen molar-refractivity contribution in [3.63, 3.8) is 0 Å². The van der Waals surface area contributed by atoms with Gasteiger partial charge in [-0.25, -0.2) is 4.98 Å². The molecule has 0 fully saturated rings. The average Bonchev–Trinajstić information content (AvgIpc) is 2.86. The van der Waals surface area contributed by atoms with Crippen LogP contribution in [0.4, 0.5) is 0 Å². The van der Waals surface area contributed by atoms with E-state index in [0.717, 1.165) is 40.5 Å². The summed E-state index contributed by atoms with van der Waals surface area (Å²) in [6, 6.07) is 18.4. The van der Waals surface area contributed by atoms with Gasteiger partial charge >= 0.3 is 0 Å². The van der Waals surface area contributed by atoms with Gasteiger partial charge < -0.3 is 13.2 Å². The van der Waals surface area contributed by atoms with Crippen molar-refractivity contribution in [3.8, 4) is 16.5 Å². The summed E-state index contributed by atoms with van der Waals surface area (Å²) in [5, 5.41) is 0. The largest absolute Gasteiger partial charge is 0.497 e. The maximum atomic E-state index is 5.87. The fourth-order valence-corrected chi connectivity index (χ4v) is 3.61. The number of methoxy groups -OCH3 is 1. The highest BCUT2D eigenvalue weighted by Crippen LogP contribution is 2.27. The predicted molar refractivity (Wildman–Crippen MR) is 106 cm³/mol. The molecule has 0 saturated carbocycles. The molecule has 0 amide bonds. The van der Waals surface area contributed by atoms with Crippen LogP contribution in [0.1, 0.15) is 11.1 Å². The van der Waals surface area contributed by atoms with Crippen LogP contribution in [0.15, 0.2) is 64.6 Å². The maximum Gasteiger partial charge on any atom is 0.169 e. The first kappa shape index (κ1) is 16.7. The standard InChI is InChI=1S/C21H20N2O2S/c1-15-5-10-19-18(14-15)22-21-20(26-25-19)4-3-12-23(21)13-11-16-6-8-17(24-2)9-7-16/h3-10,12,14H,11,13H2,1-2H3. The molecule has 0 N–H and O–H groups in total. The Balaban J connectivity index is 1.70. The molecule has 0 bridgehead atoms. The highest BCUT2D eigenvalue weighted by Gasteiger charge is 2.10. The summed E-state index contributed by atoms with van der Waals surface area (Å²) in [5.74, 6) is 1.82. The summed E-state index contributed by atoms with van der Waals surface area (Å²) >= 11 is 1.37. The van der Waals surface area contributed by atoms with Crippen molar-refractivity contribution in [3.05, 3.63) is 71.9 Å². The molecule has 0 aromatic heterocycles. The molecular weight excluding hydrogens is 344 g/mol. The van der Waals surface area contributed by atoms with Crippen molar-refractivity contribution in [2.75, 3.05) is 7.11 Å². The molecule has 26 heavy (non-hydrogen) atoms. The molecule has 2 aromatic rings. The van der Waals surface area contributed by atoms with Crippen LogP contribution in [-0.4, -0.2) is 16.7 Å². The van der Waals surface area contributed by atoms with Crippen molar-refractivity contribution in [1.29, 1.82) is 0 Å². The molecule has 0 saturated heterocycles. The van der Waals surface area contributed by atoms with Crippen LogP contribution in [0.3, 0.4) is 0 Å². The summed E-state index contributed by atoms with van der Waals surface area (Å²) in [6.07, 6.45) is 3.00. The third-order valence-corrected chi connectivity index (χ3v) is 5.13. The Kier molecular flexibility index (Phi) is 4.63. The van der Waals surface area contributed by atoms with Gasteiger partial charge in [0, 0.05) is 24.4 Å². The number of aromatic nitrogens is 2. The first-order chi connectivity index (χ1) is 12.7. The molecule has 4 nitrogen and oxygen atoms in total. The molecule has 2 aliphatic heterocycles. The number of hydrogen-bond donors (Lipinski definition) is 0. The van der Waals surface area contributed by atoms with E-state index in [0.29, 0.717) is 0 Å². The van der Waals surface area contributed by atoms with E-state index in [4.69, 9.17) is 13.6 Å². The lowest BCUT2D eigenvalue weighted by Gasteiger charge is -2.12. The summed E-state index contributed by atoms with van der Waals surface area (Å²) < 4.78 is 13.3. The Labute approximate surface area is 156 Å². The quantitative estimate of drug-likeness (QED) is 0.481. The Morgan fingerprint density at radius 3 is 2.77 bits per heavy atom. The Hall–Kier alpha value is -2.79. The van der Waals surface area contributed by atoms with Gasteiger partial charge in [0.05, 0.1) is 7.11 Å². The number of fused-ring (bicyclic) bond motifs is 2. The van der Waals surface area contributed by atoms with Gasteiger partial charge in [0.25, 0.3) is 0 Å². The van der Waals surface area contributed by atoms with Gasteiger partial charge in [0.1, 0.15) is 16.1 Å². The second-order valence-corrected chi connectivity index (χ2v) is 7.01. The summed E-state index contributed by atoms with van der Waals surface area (Å²) in [6.45, 7) is 2.91. The van der Waals surface area contributed by atoms with Crippen molar-refractivity contribution >= 4 is 22.7 Å². The van der Waals surface area contributed by atoms with Crippen LogP contribution in [0, 0.1) is 6.92 Å².